The van der Waals surface area contributed by atoms with E-state index in [0.717, 1.165) is 37.1 Å². The Hall–Kier alpha value is -2.82. The van der Waals surface area contributed by atoms with Gasteiger partial charge in [0.05, 0.1) is 18.4 Å². The lowest BCUT2D eigenvalue weighted by atomic mass is 10.0. The molecule has 5 heteroatoms. The summed E-state index contributed by atoms with van der Waals surface area (Å²) in [6.07, 6.45) is 4.82. The second-order valence-corrected chi connectivity index (χ2v) is 6.91. The largest absolute Gasteiger partial charge is 0.467 e. The zero-order chi connectivity index (χ0) is 18.1. The monoisotopic (exact) mass is 350 g/mol. The first-order valence-electron chi connectivity index (χ1n) is 9.10. The van der Waals surface area contributed by atoms with Crippen molar-refractivity contribution in [3.8, 4) is 0 Å². The number of amides is 2. The van der Waals surface area contributed by atoms with Gasteiger partial charge in [-0.25, -0.2) is 0 Å². The Labute approximate surface area is 152 Å². The minimum atomic E-state index is -0.240. The minimum absolute atomic E-state index is 0.164. The summed E-state index contributed by atoms with van der Waals surface area (Å²) in [6.45, 7) is 3.81. The van der Waals surface area contributed by atoms with Crippen LogP contribution in [-0.4, -0.2) is 34.7 Å². The van der Waals surface area contributed by atoms with Gasteiger partial charge in [0, 0.05) is 13.1 Å². The molecule has 2 amide bonds. The number of likely N-dealkylation sites (tertiary alicyclic amines) is 1. The van der Waals surface area contributed by atoms with Gasteiger partial charge >= 0.3 is 0 Å². The highest BCUT2D eigenvalue weighted by Crippen LogP contribution is 2.34. The first-order chi connectivity index (χ1) is 12.6. The van der Waals surface area contributed by atoms with Crippen LogP contribution in [0.4, 0.5) is 0 Å². The van der Waals surface area contributed by atoms with Crippen molar-refractivity contribution in [1.29, 1.82) is 0 Å². The number of nitrogens with zero attached hydrogens (tertiary/aromatic N) is 2. The number of rotatable bonds is 4. The molecule has 2 aliphatic heterocycles. The van der Waals surface area contributed by atoms with E-state index in [1.54, 1.807) is 18.4 Å². The van der Waals surface area contributed by atoms with Crippen molar-refractivity contribution >= 4 is 17.4 Å². The van der Waals surface area contributed by atoms with Gasteiger partial charge < -0.3 is 9.32 Å². The van der Waals surface area contributed by atoms with Gasteiger partial charge in [-0.15, -0.1) is 0 Å². The molecule has 1 aromatic carbocycles. The molecule has 0 unspecified atom stereocenters. The molecule has 0 radical (unpaired) electrons. The van der Waals surface area contributed by atoms with Crippen LogP contribution in [0, 0.1) is 6.92 Å². The summed E-state index contributed by atoms with van der Waals surface area (Å²) in [4.78, 5) is 29.7. The average molecular weight is 350 g/mol. The number of furan rings is 1. The molecular formula is C21H22N2O3. The van der Waals surface area contributed by atoms with Crippen LogP contribution in [0.5, 0.6) is 0 Å². The quantitative estimate of drug-likeness (QED) is 0.794. The number of piperidine rings is 1. The fourth-order valence-electron chi connectivity index (χ4n) is 3.66. The highest BCUT2D eigenvalue weighted by molar-refractivity contribution is 6.35. The Morgan fingerprint density at radius 3 is 2.35 bits per heavy atom. The zero-order valence-corrected chi connectivity index (χ0v) is 14.9. The Morgan fingerprint density at radius 2 is 1.69 bits per heavy atom. The molecule has 0 saturated carbocycles. The number of aryl methyl sites for hydroxylation is 1. The summed E-state index contributed by atoms with van der Waals surface area (Å²) in [6, 6.07) is 11.4. The average Bonchev–Trinajstić information content (AvgIpc) is 3.25. The number of hydrogen-bond donors (Lipinski definition) is 0. The van der Waals surface area contributed by atoms with E-state index in [0.29, 0.717) is 17.0 Å². The van der Waals surface area contributed by atoms with Crippen LogP contribution in [0.1, 0.15) is 36.1 Å². The van der Waals surface area contributed by atoms with Crippen LogP contribution >= 0.6 is 0 Å². The summed E-state index contributed by atoms with van der Waals surface area (Å²) in [5.41, 5.74) is 2.99. The van der Waals surface area contributed by atoms with Gasteiger partial charge in [-0.3, -0.25) is 14.5 Å². The number of hydrogen-bond acceptors (Lipinski definition) is 4. The Morgan fingerprint density at radius 1 is 0.962 bits per heavy atom. The highest BCUT2D eigenvalue weighted by Gasteiger charge is 2.42. The number of carbonyl (C=O) groups excluding carboxylic acids is 2. The molecule has 0 aliphatic carbocycles. The van der Waals surface area contributed by atoms with Crippen LogP contribution in [0.3, 0.4) is 0 Å². The van der Waals surface area contributed by atoms with Crippen LogP contribution in [0.15, 0.2) is 52.8 Å². The normalized spacial score (nSPS) is 18.2. The highest BCUT2D eigenvalue weighted by atomic mass is 16.3. The topological polar surface area (TPSA) is 53.8 Å². The third-order valence-electron chi connectivity index (χ3n) is 5.05. The smallest absolute Gasteiger partial charge is 0.278 e. The number of benzene rings is 1. The maximum Gasteiger partial charge on any atom is 0.278 e. The minimum Gasteiger partial charge on any atom is -0.467 e. The predicted molar refractivity (Wildman–Crippen MR) is 97.8 cm³/mol. The fraction of sp³-hybridized carbons (Fsp3) is 0.333. The molecule has 2 aromatic rings. The molecule has 0 bridgehead atoms. The third-order valence-corrected chi connectivity index (χ3v) is 5.05. The molecule has 2 aliphatic rings. The first-order valence-corrected chi connectivity index (χ1v) is 9.10. The van der Waals surface area contributed by atoms with Crippen molar-refractivity contribution in [1.82, 2.24) is 9.80 Å². The molecule has 134 valence electrons. The molecule has 1 saturated heterocycles. The third kappa shape index (κ3) is 2.94. The second-order valence-electron chi connectivity index (χ2n) is 6.91. The molecule has 0 spiro atoms. The lowest BCUT2D eigenvalue weighted by Gasteiger charge is -2.29. The fourth-order valence-corrected chi connectivity index (χ4v) is 3.66. The van der Waals surface area contributed by atoms with E-state index >= 15 is 0 Å². The molecule has 1 aromatic heterocycles. The standard InChI is InChI=1S/C21H22N2O3/c1-15-7-9-16(10-8-15)18-19(22-11-3-2-4-12-22)21(25)23(20(18)24)14-17-6-5-13-26-17/h5-10,13H,2-4,11-12,14H2,1H3. The number of imide groups is 1. The van der Waals surface area contributed by atoms with Gasteiger partial charge in [-0.1, -0.05) is 29.8 Å². The molecule has 4 rings (SSSR count). The van der Waals surface area contributed by atoms with Crippen LogP contribution in [0.2, 0.25) is 0 Å². The van der Waals surface area contributed by atoms with Crippen molar-refractivity contribution in [3.63, 3.8) is 0 Å². The van der Waals surface area contributed by atoms with Gasteiger partial charge in [0.25, 0.3) is 11.8 Å². The number of carbonyl (C=O) groups is 2. The molecule has 1 fully saturated rings. The van der Waals surface area contributed by atoms with E-state index in [9.17, 15) is 9.59 Å². The van der Waals surface area contributed by atoms with Crippen molar-refractivity contribution in [2.75, 3.05) is 13.1 Å². The van der Waals surface area contributed by atoms with Gasteiger partial charge in [0.2, 0.25) is 0 Å². The van der Waals surface area contributed by atoms with Crippen LogP contribution in [-0.2, 0) is 16.1 Å². The van der Waals surface area contributed by atoms with Crippen LogP contribution in [0.25, 0.3) is 5.57 Å². The van der Waals surface area contributed by atoms with Gasteiger partial charge in [-0.2, -0.15) is 0 Å². The Bertz CT molecular complexity index is 844. The van der Waals surface area contributed by atoms with Gasteiger partial charge in [0.15, 0.2) is 0 Å². The van der Waals surface area contributed by atoms with Crippen LogP contribution < -0.4 is 0 Å². The Balaban J connectivity index is 1.74. The van der Waals surface area contributed by atoms with E-state index < -0.39 is 0 Å². The maximum absolute atomic E-state index is 13.2. The molecule has 3 heterocycles. The van der Waals surface area contributed by atoms with Crippen molar-refractivity contribution < 1.29 is 14.0 Å². The second kappa shape index (κ2) is 6.83. The SMILES string of the molecule is Cc1ccc(C2=C(N3CCCCC3)C(=O)N(Cc3ccco3)C2=O)cc1. The molecule has 0 N–H and O–H groups in total. The molecule has 5 nitrogen and oxygen atoms in total. The zero-order valence-electron chi connectivity index (χ0n) is 14.9. The van der Waals surface area contributed by atoms with E-state index in [2.05, 4.69) is 4.90 Å². The van der Waals surface area contributed by atoms with Gasteiger partial charge in [-0.05, 0) is 43.9 Å². The van der Waals surface area contributed by atoms with E-state index in [4.69, 9.17) is 4.42 Å². The van der Waals surface area contributed by atoms with Gasteiger partial charge in [0.1, 0.15) is 11.5 Å². The lowest BCUT2D eigenvalue weighted by molar-refractivity contribution is -0.138. The van der Waals surface area contributed by atoms with E-state index in [-0.39, 0.29) is 18.4 Å². The lowest BCUT2D eigenvalue weighted by Crippen LogP contribution is -2.36. The van der Waals surface area contributed by atoms with Crippen molar-refractivity contribution in [3.05, 3.63) is 65.2 Å². The van der Waals surface area contributed by atoms with Crippen molar-refractivity contribution in [2.45, 2.75) is 32.7 Å². The maximum atomic E-state index is 13.2. The molecular weight excluding hydrogens is 328 g/mol. The van der Waals surface area contributed by atoms with E-state index in [1.165, 1.54) is 11.3 Å². The summed E-state index contributed by atoms with van der Waals surface area (Å²) in [5, 5.41) is 0. The first kappa shape index (κ1) is 16.6. The summed E-state index contributed by atoms with van der Waals surface area (Å²) in [7, 11) is 0. The predicted octanol–water partition coefficient (Wildman–Crippen LogP) is 3.35. The summed E-state index contributed by atoms with van der Waals surface area (Å²) in [5.74, 6) is 0.148. The molecule has 0 atom stereocenters. The summed E-state index contributed by atoms with van der Waals surface area (Å²) < 4.78 is 5.35. The van der Waals surface area contributed by atoms with Crippen molar-refractivity contribution in [2.24, 2.45) is 0 Å². The molecule has 26 heavy (non-hydrogen) atoms. The Kier molecular flexibility index (Phi) is 4.37. The van der Waals surface area contributed by atoms with E-state index in [1.807, 2.05) is 31.2 Å². The summed E-state index contributed by atoms with van der Waals surface area (Å²) >= 11 is 0.